The number of aromatic nitrogens is 2. The Morgan fingerprint density at radius 1 is 1.45 bits per heavy atom. The molecule has 1 saturated heterocycles. The van der Waals surface area contributed by atoms with Crippen molar-refractivity contribution < 1.29 is 0 Å². The first-order valence-corrected chi connectivity index (χ1v) is 6.91. The minimum absolute atomic E-state index is 0.0490. The number of H-pyrrole nitrogens is 1. The number of hydrogen-bond donors (Lipinski definition) is 4. The van der Waals surface area contributed by atoms with Crippen LogP contribution in [-0.4, -0.2) is 46.9 Å². The first-order chi connectivity index (χ1) is 9.63. The van der Waals surface area contributed by atoms with Crippen molar-refractivity contribution in [3.8, 4) is 0 Å². The van der Waals surface area contributed by atoms with Gasteiger partial charge in [-0.1, -0.05) is 6.07 Å². The van der Waals surface area contributed by atoms with Crippen LogP contribution >= 0.6 is 0 Å². The number of rotatable bonds is 3. The third-order valence-corrected chi connectivity index (χ3v) is 3.86. The van der Waals surface area contributed by atoms with Crippen molar-refractivity contribution >= 4 is 22.8 Å². The average molecular weight is 272 g/mol. The molecule has 0 saturated carbocycles. The lowest BCUT2D eigenvalue weighted by atomic mass is 10.1. The fourth-order valence-electron chi connectivity index (χ4n) is 2.66. The number of para-hydroxylation sites is 1. The van der Waals surface area contributed by atoms with Crippen molar-refractivity contribution in [2.75, 3.05) is 25.5 Å². The lowest BCUT2D eigenvalue weighted by molar-refractivity contribution is 0.263. The number of nitrogens with two attached hydrogens (primary N) is 1. The Hall–Kier alpha value is -2.08. The van der Waals surface area contributed by atoms with E-state index in [1.165, 1.54) is 0 Å². The molecule has 1 fully saturated rings. The Labute approximate surface area is 117 Å². The zero-order valence-corrected chi connectivity index (χ0v) is 11.6. The molecule has 106 valence electrons. The minimum Gasteiger partial charge on any atom is -0.384 e. The van der Waals surface area contributed by atoms with E-state index < -0.39 is 0 Å². The molecule has 2 heterocycles. The Balaban J connectivity index is 1.82. The Bertz CT molecular complexity index is 624. The smallest absolute Gasteiger partial charge is 0.201 e. The van der Waals surface area contributed by atoms with Gasteiger partial charge in [-0.05, 0) is 45.1 Å². The Kier molecular flexibility index (Phi) is 3.31. The van der Waals surface area contributed by atoms with Gasteiger partial charge in [0, 0.05) is 11.6 Å². The number of fused-ring (bicyclic) bond motifs is 1. The third-order valence-electron chi connectivity index (χ3n) is 3.86. The van der Waals surface area contributed by atoms with Gasteiger partial charge in [-0.15, -0.1) is 0 Å². The highest BCUT2D eigenvalue weighted by molar-refractivity contribution is 6.05. The van der Waals surface area contributed by atoms with Crippen molar-refractivity contribution in [1.29, 1.82) is 5.41 Å². The number of nitrogens with zero attached hydrogens (tertiary/aromatic N) is 2. The third kappa shape index (κ3) is 2.46. The summed E-state index contributed by atoms with van der Waals surface area (Å²) in [4.78, 5) is 10.1. The van der Waals surface area contributed by atoms with Crippen LogP contribution in [-0.2, 0) is 0 Å². The molecule has 0 bridgehead atoms. The molecule has 0 atom stereocenters. The van der Waals surface area contributed by atoms with E-state index in [0.717, 1.165) is 42.9 Å². The van der Waals surface area contributed by atoms with Gasteiger partial charge in [-0.3, -0.25) is 5.41 Å². The number of nitrogens with one attached hydrogen (secondary N) is 3. The van der Waals surface area contributed by atoms with Crippen LogP contribution in [0, 0.1) is 5.41 Å². The summed E-state index contributed by atoms with van der Waals surface area (Å²) in [5.74, 6) is 0.816. The Morgan fingerprint density at radius 3 is 2.90 bits per heavy atom. The molecule has 1 aromatic heterocycles. The molecule has 0 aliphatic carbocycles. The number of hydrogen-bond acceptors (Lipinski definition) is 4. The largest absolute Gasteiger partial charge is 0.384 e. The predicted octanol–water partition coefficient (Wildman–Crippen LogP) is 1.35. The molecule has 5 N–H and O–H groups in total. The second kappa shape index (κ2) is 5.13. The summed E-state index contributed by atoms with van der Waals surface area (Å²) < 4.78 is 0. The summed E-state index contributed by atoms with van der Waals surface area (Å²) in [7, 11) is 2.15. The maximum absolute atomic E-state index is 7.60. The zero-order valence-electron chi connectivity index (χ0n) is 11.6. The second-order valence-electron chi connectivity index (χ2n) is 5.42. The van der Waals surface area contributed by atoms with Crippen molar-refractivity contribution in [3.63, 3.8) is 0 Å². The number of benzene rings is 1. The van der Waals surface area contributed by atoms with E-state index in [0.29, 0.717) is 11.6 Å². The fourth-order valence-corrected chi connectivity index (χ4v) is 2.66. The zero-order chi connectivity index (χ0) is 14.1. The normalized spacial score (nSPS) is 17.4. The van der Waals surface area contributed by atoms with Crippen LogP contribution in [0.4, 0.5) is 5.95 Å². The van der Waals surface area contributed by atoms with Gasteiger partial charge in [-0.2, -0.15) is 0 Å². The van der Waals surface area contributed by atoms with Gasteiger partial charge in [0.1, 0.15) is 11.4 Å². The first-order valence-electron chi connectivity index (χ1n) is 6.91. The standard InChI is InChI=1S/C14H20N6/c1-20-7-5-9(6-8-20)17-14-18-11-4-2-3-10(13(15)16)12(11)19-14/h2-4,9H,5-8H2,1H3,(H3,15,16)(H2,17,18,19). The first kappa shape index (κ1) is 12.9. The van der Waals surface area contributed by atoms with Crippen LogP contribution in [0.5, 0.6) is 0 Å². The highest BCUT2D eigenvalue weighted by Crippen LogP contribution is 2.20. The summed E-state index contributed by atoms with van der Waals surface area (Å²) >= 11 is 0. The van der Waals surface area contributed by atoms with E-state index in [9.17, 15) is 0 Å². The fraction of sp³-hybridized carbons (Fsp3) is 0.429. The van der Waals surface area contributed by atoms with Crippen molar-refractivity contribution in [2.24, 2.45) is 5.73 Å². The van der Waals surface area contributed by atoms with Gasteiger partial charge in [0.05, 0.1) is 5.52 Å². The molecular weight excluding hydrogens is 252 g/mol. The van der Waals surface area contributed by atoms with Gasteiger partial charge in [-0.25, -0.2) is 4.98 Å². The summed E-state index contributed by atoms with van der Waals surface area (Å²) in [5, 5.41) is 11.1. The van der Waals surface area contributed by atoms with Crippen LogP contribution in [0.3, 0.4) is 0 Å². The van der Waals surface area contributed by atoms with Gasteiger partial charge < -0.3 is 20.9 Å². The molecule has 0 unspecified atom stereocenters. The SMILES string of the molecule is CN1CCC(Nc2nc3c(C(=N)N)cccc3[nH]2)CC1. The highest BCUT2D eigenvalue weighted by atomic mass is 15.2. The van der Waals surface area contributed by atoms with Gasteiger partial charge in [0.2, 0.25) is 5.95 Å². The molecule has 2 aromatic rings. The molecule has 1 aromatic carbocycles. The van der Waals surface area contributed by atoms with E-state index in [4.69, 9.17) is 11.1 Å². The number of amidine groups is 1. The molecule has 0 radical (unpaired) electrons. The van der Waals surface area contributed by atoms with Crippen molar-refractivity contribution in [1.82, 2.24) is 14.9 Å². The number of aromatic amines is 1. The van der Waals surface area contributed by atoms with Crippen LogP contribution in [0.25, 0.3) is 11.0 Å². The topological polar surface area (TPSA) is 93.8 Å². The quantitative estimate of drug-likeness (QED) is 0.501. The molecule has 0 amide bonds. The summed E-state index contributed by atoms with van der Waals surface area (Å²) in [6.45, 7) is 2.22. The maximum atomic E-state index is 7.60. The molecular formula is C14H20N6. The molecule has 20 heavy (non-hydrogen) atoms. The molecule has 1 aliphatic heterocycles. The molecule has 6 nitrogen and oxygen atoms in total. The van der Waals surface area contributed by atoms with E-state index in [2.05, 4.69) is 27.2 Å². The van der Waals surface area contributed by atoms with Gasteiger partial charge in [0.15, 0.2) is 0 Å². The molecule has 3 rings (SSSR count). The lowest BCUT2D eigenvalue weighted by Gasteiger charge is -2.29. The van der Waals surface area contributed by atoms with Crippen LogP contribution in [0.15, 0.2) is 18.2 Å². The minimum atomic E-state index is 0.0490. The molecule has 1 aliphatic rings. The van der Waals surface area contributed by atoms with Crippen LogP contribution in [0.2, 0.25) is 0 Å². The number of likely N-dealkylation sites (tertiary alicyclic amines) is 1. The van der Waals surface area contributed by atoms with E-state index in [1.807, 2.05) is 18.2 Å². The summed E-state index contributed by atoms with van der Waals surface area (Å²) in [5.41, 5.74) is 7.94. The van der Waals surface area contributed by atoms with Gasteiger partial charge >= 0.3 is 0 Å². The summed E-state index contributed by atoms with van der Waals surface area (Å²) in [6, 6.07) is 6.11. The van der Waals surface area contributed by atoms with Crippen LogP contribution < -0.4 is 11.1 Å². The molecule has 0 spiro atoms. The number of anilines is 1. The summed E-state index contributed by atoms with van der Waals surface area (Å²) in [6.07, 6.45) is 2.24. The number of nitrogen functional groups attached to an aromatic ring is 1. The lowest BCUT2D eigenvalue weighted by Crippen LogP contribution is -2.36. The Morgan fingerprint density at radius 2 is 2.20 bits per heavy atom. The van der Waals surface area contributed by atoms with E-state index in [1.54, 1.807) is 0 Å². The number of imidazole rings is 1. The molecule has 6 heteroatoms. The van der Waals surface area contributed by atoms with Crippen LogP contribution in [0.1, 0.15) is 18.4 Å². The maximum Gasteiger partial charge on any atom is 0.201 e. The van der Waals surface area contributed by atoms with E-state index in [-0.39, 0.29) is 5.84 Å². The van der Waals surface area contributed by atoms with Crippen molar-refractivity contribution in [3.05, 3.63) is 23.8 Å². The second-order valence-corrected chi connectivity index (χ2v) is 5.42. The predicted molar refractivity (Wildman–Crippen MR) is 81.3 cm³/mol. The van der Waals surface area contributed by atoms with Crippen molar-refractivity contribution in [2.45, 2.75) is 18.9 Å². The van der Waals surface area contributed by atoms with Gasteiger partial charge in [0.25, 0.3) is 0 Å². The van der Waals surface area contributed by atoms with E-state index >= 15 is 0 Å². The highest BCUT2D eigenvalue weighted by Gasteiger charge is 2.18. The number of piperidine rings is 1. The average Bonchev–Trinajstić information content (AvgIpc) is 2.83. The monoisotopic (exact) mass is 272 g/mol.